The number of piperidine rings is 1. The van der Waals surface area contributed by atoms with Gasteiger partial charge in [-0.2, -0.15) is 13.2 Å². The number of aliphatic hydroxyl groups excluding tert-OH is 1. The van der Waals surface area contributed by atoms with Gasteiger partial charge in [-0.1, -0.05) is 0 Å². The number of halogens is 3. The summed E-state index contributed by atoms with van der Waals surface area (Å²) < 4.78 is 38.8. The molecule has 2 heterocycles. The van der Waals surface area contributed by atoms with Gasteiger partial charge in [0.15, 0.2) is 0 Å². The Balaban J connectivity index is 1.84. The fraction of sp³-hybridized carbons (Fsp3) is 0.476. The smallest absolute Gasteiger partial charge is 0.392 e. The quantitative estimate of drug-likeness (QED) is 0.814. The zero-order chi connectivity index (χ0) is 20.3. The first kappa shape index (κ1) is 20.6. The molecule has 1 N–H and O–H groups in total. The molecule has 1 aliphatic heterocycles. The Morgan fingerprint density at radius 2 is 1.71 bits per heavy atom. The molecule has 2 unspecified atom stereocenters. The molecule has 0 radical (unpaired) electrons. The number of hydrogen-bond acceptors (Lipinski definition) is 4. The summed E-state index contributed by atoms with van der Waals surface area (Å²) >= 11 is 0. The molecule has 0 bridgehead atoms. The number of aromatic nitrogens is 1. The number of benzene rings is 1. The van der Waals surface area contributed by atoms with E-state index in [0.717, 1.165) is 49.4 Å². The molecule has 0 saturated carbocycles. The van der Waals surface area contributed by atoms with Crippen LogP contribution in [0.15, 0.2) is 48.8 Å². The van der Waals surface area contributed by atoms with Crippen LogP contribution in [0.1, 0.15) is 32.3 Å². The minimum absolute atomic E-state index is 0.0823. The minimum Gasteiger partial charge on any atom is -0.392 e. The third-order valence-electron chi connectivity index (χ3n) is 5.54. The van der Waals surface area contributed by atoms with E-state index < -0.39 is 17.8 Å². The van der Waals surface area contributed by atoms with Gasteiger partial charge in [-0.25, -0.2) is 0 Å². The molecule has 1 aromatic carbocycles. The number of hydrogen-bond donors (Lipinski definition) is 1. The Morgan fingerprint density at radius 1 is 1.07 bits per heavy atom. The molecule has 2 atom stereocenters. The third kappa shape index (κ3) is 4.64. The zero-order valence-electron chi connectivity index (χ0n) is 16.1. The lowest BCUT2D eigenvalue weighted by Crippen LogP contribution is -2.49. The average molecular weight is 393 g/mol. The predicted octanol–water partition coefficient (Wildman–Crippen LogP) is 4.47. The van der Waals surface area contributed by atoms with Crippen molar-refractivity contribution < 1.29 is 18.3 Å². The molecular weight excluding hydrogens is 367 g/mol. The summed E-state index contributed by atoms with van der Waals surface area (Å²) in [5.74, 6) is 0. The number of likely N-dealkylation sites (tertiary alicyclic amines) is 1. The lowest BCUT2D eigenvalue weighted by Gasteiger charge is -2.42. The highest BCUT2D eigenvalue weighted by Gasteiger charge is 2.32. The van der Waals surface area contributed by atoms with Crippen LogP contribution in [0.4, 0.5) is 24.5 Å². The van der Waals surface area contributed by atoms with Crippen molar-refractivity contribution in [2.75, 3.05) is 18.0 Å². The van der Waals surface area contributed by atoms with Crippen molar-refractivity contribution in [1.82, 2.24) is 9.88 Å². The molecule has 7 heteroatoms. The second-order valence-electron chi connectivity index (χ2n) is 7.37. The molecule has 1 aromatic heterocycles. The van der Waals surface area contributed by atoms with Crippen LogP contribution in [0.3, 0.4) is 0 Å². The summed E-state index contributed by atoms with van der Waals surface area (Å²) in [4.78, 5) is 8.52. The first-order chi connectivity index (χ1) is 13.3. The van der Waals surface area contributed by atoms with Gasteiger partial charge in [-0.3, -0.25) is 9.88 Å². The van der Waals surface area contributed by atoms with Crippen molar-refractivity contribution in [3.63, 3.8) is 0 Å². The highest BCUT2D eigenvalue weighted by Crippen LogP contribution is 2.35. The second-order valence-corrected chi connectivity index (χ2v) is 7.37. The Kier molecular flexibility index (Phi) is 6.25. The van der Waals surface area contributed by atoms with E-state index in [2.05, 4.69) is 14.8 Å². The van der Waals surface area contributed by atoms with E-state index in [1.54, 1.807) is 19.3 Å². The van der Waals surface area contributed by atoms with E-state index in [9.17, 15) is 18.3 Å². The molecule has 4 nitrogen and oxygen atoms in total. The highest BCUT2D eigenvalue weighted by molar-refractivity contribution is 5.63. The first-order valence-electron chi connectivity index (χ1n) is 9.56. The molecule has 0 aliphatic carbocycles. The second kappa shape index (κ2) is 8.49. The van der Waals surface area contributed by atoms with Crippen LogP contribution >= 0.6 is 0 Å². The number of rotatable bonds is 5. The maximum atomic E-state index is 12.9. The monoisotopic (exact) mass is 393 g/mol. The highest BCUT2D eigenvalue weighted by atomic mass is 19.4. The Labute approximate surface area is 163 Å². The van der Waals surface area contributed by atoms with Gasteiger partial charge >= 0.3 is 6.18 Å². The molecule has 0 spiro atoms. The van der Waals surface area contributed by atoms with Crippen molar-refractivity contribution in [2.24, 2.45) is 0 Å². The molecule has 1 fully saturated rings. The predicted molar refractivity (Wildman–Crippen MR) is 104 cm³/mol. The summed E-state index contributed by atoms with van der Waals surface area (Å²) in [6.07, 6.45) is 0.380. The minimum atomic E-state index is -4.35. The summed E-state index contributed by atoms with van der Waals surface area (Å²) in [7, 11) is 0. The number of anilines is 2. The van der Waals surface area contributed by atoms with Crippen LogP contribution in [-0.4, -0.2) is 46.3 Å². The normalized spacial score (nSPS) is 18.6. The van der Waals surface area contributed by atoms with Crippen LogP contribution in [0.5, 0.6) is 0 Å². The summed E-state index contributed by atoms with van der Waals surface area (Å²) in [6, 6.07) is 9.30. The van der Waals surface area contributed by atoms with Crippen LogP contribution < -0.4 is 4.90 Å². The molecule has 1 aliphatic rings. The number of aliphatic hydroxyl groups is 1. The van der Waals surface area contributed by atoms with Gasteiger partial charge < -0.3 is 10.0 Å². The van der Waals surface area contributed by atoms with Gasteiger partial charge in [0.2, 0.25) is 0 Å². The molecule has 0 amide bonds. The lowest BCUT2D eigenvalue weighted by molar-refractivity contribution is -0.137. The molecule has 3 rings (SSSR count). The lowest BCUT2D eigenvalue weighted by atomic mass is 9.99. The fourth-order valence-electron chi connectivity index (χ4n) is 3.73. The summed E-state index contributed by atoms with van der Waals surface area (Å²) in [6.45, 7) is 5.46. The SMILES string of the molecule is CC(O)C(C)N1CCC(N(c2ccc(C(F)(F)F)cc2)c2cccnc2)CC1. The molecular formula is C21H26F3N3O. The van der Waals surface area contributed by atoms with E-state index in [0.29, 0.717) is 0 Å². The van der Waals surface area contributed by atoms with E-state index in [-0.39, 0.29) is 12.1 Å². The topological polar surface area (TPSA) is 39.6 Å². The van der Waals surface area contributed by atoms with E-state index >= 15 is 0 Å². The Hall–Kier alpha value is -2.12. The Bertz CT molecular complexity index is 742. The largest absolute Gasteiger partial charge is 0.416 e. The maximum absolute atomic E-state index is 12.9. The zero-order valence-corrected chi connectivity index (χ0v) is 16.1. The molecule has 152 valence electrons. The summed E-state index contributed by atoms with van der Waals surface area (Å²) in [5.41, 5.74) is 0.940. The van der Waals surface area contributed by atoms with Crippen LogP contribution in [0, 0.1) is 0 Å². The van der Waals surface area contributed by atoms with Gasteiger partial charge in [0.1, 0.15) is 0 Å². The molecule has 28 heavy (non-hydrogen) atoms. The van der Waals surface area contributed by atoms with Crippen molar-refractivity contribution >= 4 is 11.4 Å². The van der Waals surface area contributed by atoms with Gasteiger partial charge in [0, 0.05) is 37.1 Å². The van der Waals surface area contributed by atoms with E-state index in [1.807, 2.05) is 19.1 Å². The van der Waals surface area contributed by atoms with Crippen molar-refractivity contribution in [3.8, 4) is 0 Å². The third-order valence-corrected chi connectivity index (χ3v) is 5.54. The Morgan fingerprint density at radius 3 is 2.21 bits per heavy atom. The molecule has 1 saturated heterocycles. The van der Waals surface area contributed by atoms with Crippen LogP contribution in [0.25, 0.3) is 0 Å². The standard InChI is InChI=1S/C21H26F3N3O/c1-15(16(2)28)26-12-9-19(10-13-26)27(20-4-3-11-25-14-20)18-7-5-17(6-8-18)21(22,23)24/h3-8,11,14-16,19,28H,9-10,12-13H2,1-2H3. The fourth-order valence-corrected chi connectivity index (χ4v) is 3.73. The van der Waals surface area contributed by atoms with Gasteiger partial charge in [0.25, 0.3) is 0 Å². The maximum Gasteiger partial charge on any atom is 0.416 e. The number of pyridine rings is 1. The number of nitrogens with zero attached hydrogens (tertiary/aromatic N) is 3. The first-order valence-corrected chi connectivity index (χ1v) is 9.56. The van der Waals surface area contributed by atoms with Crippen LogP contribution in [-0.2, 0) is 6.18 Å². The number of alkyl halides is 3. The van der Waals surface area contributed by atoms with Crippen molar-refractivity contribution in [1.29, 1.82) is 0 Å². The molecule has 2 aromatic rings. The average Bonchev–Trinajstić information content (AvgIpc) is 2.69. The van der Waals surface area contributed by atoms with Gasteiger partial charge in [-0.05, 0) is 63.1 Å². The van der Waals surface area contributed by atoms with Crippen molar-refractivity contribution in [2.45, 2.75) is 51.1 Å². The van der Waals surface area contributed by atoms with E-state index in [1.165, 1.54) is 12.1 Å². The van der Waals surface area contributed by atoms with Crippen molar-refractivity contribution in [3.05, 3.63) is 54.4 Å². The van der Waals surface area contributed by atoms with E-state index in [4.69, 9.17) is 0 Å². The summed E-state index contributed by atoms with van der Waals surface area (Å²) in [5, 5.41) is 9.84. The van der Waals surface area contributed by atoms with Gasteiger partial charge in [-0.15, -0.1) is 0 Å². The van der Waals surface area contributed by atoms with Gasteiger partial charge in [0.05, 0.1) is 23.6 Å². The van der Waals surface area contributed by atoms with Crippen LogP contribution in [0.2, 0.25) is 0 Å².